The third-order valence-corrected chi connectivity index (χ3v) is 6.46. The van der Waals surface area contributed by atoms with E-state index in [4.69, 9.17) is 0 Å². The van der Waals surface area contributed by atoms with Gasteiger partial charge in [-0.05, 0) is 32.7 Å². The van der Waals surface area contributed by atoms with Gasteiger partial charge < -0.3 is 4.57 Å². The predicted molar refractivity (Wildman–Crippen MR) is 86.0 cm³/mol. The topological polar surface area (TPSA) is 71.3 Å². The van der Waals surface area contributed by atoms with Gasteiger partial charge in [0.15, 0.2) is 0 Å². The van der Waals surface area contributed by atoms with Crippen LogP contribution in [0.5, 0.6) is 0 Å². The molecule has 0 saturated carbocycles. The van der Waals surface area contributed by atoms with Gasteiger partial charge in [-0.3, -0.25) is 4.90 Å². The summed E-state index contributed by atoms with van der Waals surface area (Å²) in [4.78, 5) is 2.19. The highest BCUT2D eigenvalue weighted by Crippen LogP contribution is 2.20. The number of nitrogens with zero attached hydrogens (tertiary/aromatic N) is 5. The van der Waals surface area contributed by atoms with Gasteiger partial charge in [-0.25, -0.2) is 12.7 Å². The molecule has 1 aromatic rings. The number of aryl methyl sites for hydroxylation is 1. The highest BCUT2D eigenvalue weighted by molar-refractivity contribution is 7.89. The molecule has 7 nitrogen and oxygen atoms in total. The third kappa shape index (κ3) is 3.67. The lowest BCUT2D eigenvalue weighted by Crippen LogP contribution is -2.45. The second-order valence-corrected chi connectivity index (χ2v) is 8.57. The van der Waals surface area contributed by atoms with E-state index in [1.54, 1.807) is 14.1 Å². The Morgan fingerprint density at radius 1 is 1.32 bits per heavy atom. The van der Waals surface area contributed by atoms with Crippen LogP contribution >= 0.6 is 0 Å². The Morgan fingerprint density at radius 3 is 2.68 bits per heavy atom. The minimum absolute atomic E-state index is 0.320. The van der Waals surface area contributed by atoms with Crippen LogP contribution in [0.25, 0.3) is 0 Å². The first-order valence-electron chi connectivity index (χ1n) is 7.88. The average Bonchev–Trinajstić information content (AvgIpc) is 2.81. The average molecular weight is 329 g/mol. The predicted octanol–water partition coefficient (Wildman–Crippen LogP) is 0.852. The molecule has 1 aliphatic heterocycles. The number of sulfonamides is 1. The summed E-state index contributed by atoms with van der Waals surface area (Å²) in [6.07, 6.45) is 2.67. The molecule has 1 saturated heterocycles. The Labute approximate surface area is 133 Å². The van der Waals surface area contributed by atoms with Gasteiger partial charge in [0.1, 0.15) is 11.6 Å². The standard InChI is InChI=1S/C14H27N5O2S/c1-5-8-19-12(2)15-16-14(19)11-18-9-6-7-13(10-18)22(20,21)17(3)4/h13H,5-11H2,1-4H3. The molecule has 1 atom stereocenters. The normalized spacial score (nSPS) is 20.7. The van der Waals surface area contributed by atoms with Gasteiger partial charge in [-0.15, -0.1) is 10.2 Å². The second-order valence-electron chi connectivity index (χ2n) is 6.14. The van der Waals surface area contributed by atoms with Crippen LogP contribution in [0.3, 0.4) is 0 Å². The van der Waals surface area contributed by atoms with Gasteiger partial charge in [0.25, 0.3) is 0 Å². The molecule has 1 fully saturated rings. The fraction of sp³-hybridized carbons (Fsp3) is 0.857. The number of piperidine rings is 1. The third-order valence-electron chi connectivity index (χ3n) is 4.22. The summed E-state index contributed by atoms with van der Waals surface area (Å²) in [5, 5.41) is 8.10. The van der Waals surface area contributed by atoms with Gasteiger partial charge in [0.2, 0.25) is 10.0 Å². The van der Waals surface area contributed by atoms with Crippen molar-refractivity contribution in [3.05, 3.63) is 11.6 Å². The first-order valence-corrected chi connectivity index (χ1v) is 9.39. The fourth-order valence-corrected chi connectivity index (χ4v) is 4.41. The quantitative estimate of drug-likeness (QED) is 0.774. The van der Waals surface area contributed by atoms with Crippen molar-refractivity contribution in [1.82, 2.24) is 24.0 Å². The van der Waals surface area contributed by atoms with E-state index in [0.29, 0.717) is 13.1 Å². The van der Waals surface area contributed by atoms with Crippen molar-refractivity contribution < 1.29 is 8.42 Å². The van der Waals surface area contributed by atoms with Crippen LogP contribution < -0.4 is 0 Å². The van der Waals surface area contributed by atoms with Crippen LogP contribution in [-0.2, 0) is 23.1 Å². The summed E-state index contributed by atoms with van der Waals surface area (Å²) in [6, 6.07) is 0. The van der Waals surface area contributed by atoms with Crippen LogP contribution in [0.4, 0.5) is 0 Å². The fourth-order valence-electron chi connectivity index (χ4n) is 2.95. The molecular formula is C14H27N5O2S. The maximum absolute atomic E-state index is 12.3. The highest BCUT2D eigenvalue weighted by atomic mass is 32.2. The maximum Gasteiger partial charge on any atom is 0.217 e. The summed E-state index contributed by atoms with van der Waals surface area (Å²) in [5.74, 6) is 1.86. The van der Waals surface area contributed by atoms with Gasteiger partial charge in [0, 0.05) is 27.2 Å². The molecule has 0 amide bonds. The monoisotopic (exact) mass is 329 g/mol. The van der Waals surface area contributed by atoms with Crippen molar-refractivity contribution in [3.8, 4) is 0 Å². The Morgan fingerprint density at radius 2 is 2.05 bits per heavy atom. The summed E-state index contributed by atoms with van der Waals surface area (Å²) >= 11 is 0. The number of hydrogen-bond donors (Lipinski definition) is 0. The maximum atomic E-state index is 12.3. The van der Waals surface area contributed by atoms with Crippen molar-refractivity contribution in [2.45, 2.75) is 51.4 Å². The second kappa shape index (κ2) is 7.06. The van der Waals surface area contributed by atoms with Crippen molar-refractivity contribution in [1.29, 1.82) is 0 Å². The SMILES string of the molecule is CCCn1c(C)nnc1CN1CCCC(S(=O)(=O)N(C)C)C1. The van der Waals surface area contributed by atoms with E-state index >= 15 is 0 Å². The van der Waals surface area contributed by atoms with Crippen molar-refractivity contribution in [2.24, 2.45) is 0 Å². The molecule has 0 aromatic carbocycles. The van der Waals surface area contributed by atoms with E-state index in [0.717, 1.165) is 44.0 Å². The summed E-state index contributed by atoms with van der Waals surface area (Å²) in [5.41, 5.74) is 0. The van der Waals surface area contributed by atoms with E-state index in [1.807, 2.05) is 6.92 Å². The molecule has 0 bridgehead atoms. The lowest BCUT2D eigenvalue weighted by atomic mass is 10.1. The Hall–Kier alpha value is -0.990. The molecule has 0 radical (unpaired) electrons. The molecule has 126 valence electrons. The Kier molecular flexibility index (Phi) is 5.57. The van der Waals surface area contributed by atoms with Crippen LogP contribution in [0.2, 0.25) is 0 Å². The molecule has 8 heteroatoms. The van der Waals surface area contributed by atoms with Gasteiger partial charge in [-0.1, -0.05) is 6.92 Å². The van der Waals surface area contributed by atoms with Crippen molar-refractivity contribution in [2.75, 3.05) is 27.2 Å². The zero-order valence-corrected chi connectivity index (χ0v) is 14.8. The van der Waals surface area contributed by atoms with Crippen LogP contribution in [-0.4, -0.2) is 64.8 Å². The van der Waals surface area contributed by atoms with Gasteiger partial charge >= 0.3 is 0 Å². The van der Waals surface area contributed by atoms with Crippen LogP contribution in [0.1, 0.15) is 37.8 Å². The molecule has 0 N–H and O–H groups in total. The molecule has 1 unspecified atom stereocenters. The summed E-state index contributed by atoms with van der Waals surface area (Å²) in [7, 11) is 0.0219. The summed E-state index contributed by atoms with van der Waals surface area (Å²) < 4.78 is 28.1. The number of hydrogen-bond acceptors (Lipinski definition) is 5. The molecule has 2 heterocycles. The summed E-state index contributed by atoms with van der Waals surface area (Å²) in [6.45, 7) is 7.14. The zero-order chi connectivity index (χ0) is 16.3. The van der Waals surface area contributed by atoms with Crippen LogP contribution in [0.15, 0.2) is 0 Å². The molecule has 0 aliphatic carbocycles. The molecular weight excluding hydrogens is 302 g/mol. The van der Waals surface area contributed by atoms with E-state index in [9.17, 15) is 8.42 Å². The Bertz CT molecular complexity index is 596. The molecule has 1 aromatic heterocycles. The largest absolute Gasteiger partial charge is 0.314 e. The van der Waals surface area contributed by atoms with E-state index in [-0.39, 0.29) is 5.25 Å². The van der Waals surface area contributed by atoms with Crippen molar-refractivity contribution in [3.63, 3.8) is 0 Å². The van der Waals surface area contributed by atoms with E-state index in [1.165, 1.54) is 4.31 Å². The number of likely N-dealkylation sites (tertiary alicyclic amines) is 1. The number of aromatic nitrogens is 3. The molecule has 2 rings (SSSR count). The van der Waals surface area contributed by atoms with E-state index in [2.05, 4.69) is 26.6 Å². The lowest BCUT2D eigenvalue weighted by Gasteiger charge is -2.33. The minimum Gasteiger partial charge on any atom is -0.314 e. The first-order chi connectivity index (χ1) is 10.4. The minimum atomic E-state index is -3.19. The Balaban J connectivity index is 2.08. The van der Waals surface area contributed by atoms with Gasteiger partial charge in [-0.2, -0.15) is 0 Å². The molecule has 22 heavy (non-hydrogen) atoms. The smallest absolute Gasteiger partial charge is 0.217 e. The molecule has 1 aliphatic rings. The first kappa shape index (κ1) is 17.4. The van der Waals surface area contributed by atoms with Crippen LogP contribution in [0, 0.1) is 6.92 Å². The lowest BCUT2D eigenvalue weighted by molar-refractivity contribution is 0.212. The highest BCUT2D eigenvalue weighted by Gasteiger charge is 2.32. The number of rotatable bonds is 6. The zero-order valence-electron chi connectivity index (χ0n) is 14.0. The van der Waals surface area contributed by atoms with Gasteiger partial charge in [0.05, 0.1) is 11.8 Å². The molecule has 0 spiro atoms. The van der Waals surface area contributed by atoms with E-state index < -0.39 is 10.0 Å². The van der Waals surface area contributed by atoms with Crippen molar-refractivity contribution >= 4 is 10.0 Å².